The highest BCUT2D eigenvalue weighted by molar-refractivity contribution is 4.97. The average Bonchev–Trinajstić information content (AvgIpc) is 3.05. The molecule has 0 bridgehead atoms. The molecule has 2 heterocycles. The first-order valence-corrected chi connectivity index (χ1v) is 8.29. The largest absolute Gasteiger partial charge is 0.316 e. The first-order chi connectivity index (χ1) is 8.85. The molecule has 2 heteroatoms. The summed E-state index contributed by atoms with van der Waals surface area (Å²) in [5.74, 6) is 1.96. The number of fused-ring (bicyclic) bond motifs is 1. The zero-order valence-corrected chi connectivity index (χ0v) is 11.7. The zero-order valence-electron chi connectivity index (χ0n) is 11.7. The van der Waals surface area contributed by atoms with E-state index >= 15 is 0 Å². The number of nitrogens with zero attached hydrogens (tertiary/aromatic N) is 1. The molecule has 0 aromatic heterocycles. The van der Waals surface area contributed by atoms with Gasteiger partial charge in [0.1, 0.15) is 0 Å². The first-order valence-electron chi connectivity index (χ1n) is 8.29. The van der Waals surface area contributed by atoms with Crippen LogP contribution in [0, 0.1) is 17.3 Å². The Balaban J connectivity index is 1.35. The third-order valence-corrected chi connectivity index (χ3v) is 6.61. The second-order valence-electron chi connectivity index (χ2n) is 7.57. The van der Waals surface area contributed by atoms with Crippen molar-refractivity contribution in [2.45, 2.75) is 57.4 Å². The van der Waals surface area contributed by atoms with Gasteiger partial charge >= 0.3 is 0 Å². The van der Waals surface area contributed by atoms with Gasteiger partial charge in [-0.2, -0.15) is 0 Å². The van der Waals surface area contributed by atoms with Crippen molar-refractivity contribution >= 4 is 0 Å². The van der Waals surface area contributed by atoms with Crippen LogP contribution in [0.4, 0.5) is 0 Å². The molecule has 2 unspecified atom stereocenters. The van der Waals surface area contributed by atoms with E-state index in [-0.39, 0.29) is 0 Å². The molecule has 18 heavy (non-hydrogen) atoms. The normalized spacial score (nSPS) is 40.7. The van der Waals surface area contributed by atoms with Crippen molar-refractivity contribution in [3.05, 3.63) is 0 Å². The van der Waals surface area contributed by atoms with Crippen LogP contribution in [0.3, 0.4) is 0 Å². The zero-order chi connectivity index (χ0) is 12.0. The van der Waals surface area contributed by atoms with Crippen LogP contribution in [0.2, 0.25) is 0 Å². The minimum absolute atomic E-state index is 0.813. The van der Waals surface area contributed by atoms with E-state index in [1.54, 1.807) is 25.7 Å². The third-order valence-electron chi connectivity index (χ3n) is 6.61. The maximum Gasteiger partial charge on any atom is 0.00959 e. The topological polar surface area (TPSA) is 15.3 Å². The Labute approximate surface area is 111 Å². The maximum atomic E-state index is 3.56. The molecule has 4 aliphatic rings. The van der Waals surface area contributed by atoms with Gasteiger partial charge in [-0.25, -0.2) is 0 Å². The van der Waals surface area contributed by atoms with Crippen LogP contribution in [0.5, 0.6) is 0 Å². The van der Waals surface area contributed by atoms with Gasteiger partial charge in [-0.3, -0.25) is 4.90 Å². The molecule has 2 nitrogen and oxygen atoms in total. The Hall–Kier alpha value is -0.0800. The summed E-state index contributed by atoms with van der Waals surface area (Å²) in [4.78, 5) is 2.86. The lowest BCUT2D eigenvalue weighted by Gasteiger charge is -2.41. The van der Waals surface area contributed by atoms with E-state index in [9.17, 15) is 0 Å². The van der Waals surface area contributed by atoms with E-state index < -0.39 is 0 Å². The van der Waals surface area contributed by atoms with Crippen LogP contribution in [0.15, 0.2) is 0 Å². The molecule has 2 aliphatic heterocycles. The van der Waals surface area contributed by atoms with E-state index in [1.165, 1.54) is 51.9 Å². The summed E-state index contributed by atoms with van der Waals surface area (Å²) in [7, 11) is 0. The molecular formula is C16H28N2. The van der Waals surface area contributed by atoms with Gasteiger partial charge < -0.3 is 5.32 Å². The summed E-state index contributed by atoms with van der Waals surface area (Å²) in [6.45, 7) is 5.38. The summed E-state index contributed by atoms with van der Waals surface area (Å²) < 4.78 is 0. The summed E-state index contributed by atoms with van der Waals surface area (Å²) >= 11 is 0. The van der Waals surface area contributed by atoms with Crippen molar-refractivity contribution in [2.24, 2.45) is 17.3 Å². The predicted molar refractivity (Wildman–Crippen MR) is 74.6 cm³/mol. The van der Waals surface area contributed by atoms with Gasteiger partial charge in [0.25, 0.3) is 0 Å². The Bertz CT molecular complexity index is 286. The van der Waals surface area contributed by atoms with Crippen molar-refractivity contribution in [3.8, 4) is 0 Å². The minimum Gasteiger partial charge on any atom is -0.316 e. The Morgan fingerprint density at radius 1 is 0.833 bits per heavy atom. The molecule has 0 radical (unpaired) electrons. The second-order valence-corrected chi connectivity index (χ2v) is 7.57. The number of hydrogen-bond donors (Lipinski definition) is 1. The van der Waals surface area contributed by atoms with Gasteiger partial charge in [-0.1, -0.05) is 12.8 Å². The van der Waals surface area contributed by atoms with Crippen molar-refractivity contribution < 1.29 is 0 Å². The highest BCUT2D eigenvalue weighted by atomic mass is 15.2. The number of rotatable bonds is 1. The van der Waals surface area contributed by atoms with Gasteiger partial charge in [0, 0.05) is 19.1 Å². The van der Waals surface area contributed by atoms with E-state index in [0.29, 0.717) is 0 Å². The molecule has 4 fully saturated rings. The average molecular weight is 248 g/mol. The summed E-state index contributed by atoms with van der Waals surface area (Å²) in [6, 6.07) is 0.946. The third kappa shape index (κ3) is 1.92. The maximum absolute atomic E-state index is 3.56. The molecule has 0 amide bonds. The second kappa shape index (κ2) is 4.49. The highest BCUT2D eigenvalue weighted by Crippen LogP contribution is 2.50. The lowest BCUT2D eigenvalue weighted by atomic mass is 9.71. The molecular weight excluding hydrogens is 220 g/mol. The van der Waals surface area contributed by atoms with E-state index in [0.717, 1.165) is 23.3 Å². The predicted octanol–water partition coefficient (Wildman–Crippen LogP) is 2.64. The van der Waals surface area contributed by atoms with Crippen LogP contribution < -0.4 is 5.32 Å². The lowest BCUT2D eigenvalue weighted by molar-refractivity contribution is 0.102. The number of hydrogen-bond acceptors (Lipinski definition) is 2. The SMILES string of the molecule is C1CCC2(C1)CCC(N1CC3CNCC3C1)CC2. The van der Waals surface area contributed by atoms with Gasteiger partial charge in [-0.15, -0.1) is 0 Å². The molecule has 2 atom stereocenters. The van der Waals surface area contributed by atoms with E-state index in [1.807, 2.05) is 0 Å². The van der Waals surface area contributed by atoms with Crippen molar-refractivity contribution in [3.63, 3.8) is 0 Å². The van der Waals surface area contributed by atoms with Crippen LogP contribution in [0.1, 0.15) is 51.4 Å². The molecule has 0 aromatic carbocycles. The van der Waals surface area contributed by atoms with Crippen LogP contribution >= 0.6 is 0 Å². The molecule has 2 saturated carbocycles. The highest BCUT2D eigenvalue weighted by Gasteiger charge is 2.43. The Morgan fingerprint density at radius 3 is 2.06 bits per heavy atom. The lowest BCUT2D eigenvalue weighted by Crippen LogP contribution is -2.40. The van der Waals surface area contributed by atoms with Crippen LogP contribution in [-0.4, -0.2) is 37.1 Å². The summed E-state index contributed by atoms with van der Waals surface area (Å²) in [5.41, 5.74) is 0.813. The fourth-order valence-electron chi connectivity index (χ4n) is 5.39. The molecule has 2 saturated heterocycles. The van der Waals surface area contributed by atoms with Crippen molar-refractivity contribution in [2.75, 3.05) is 26.2 Å². The smallest absolute Gasteiger partial charge is 0.00959 e. The molecule has 1 N–H and O–H groups in total. The van der Waals surface area contributed by atoms with Gasteiger partial charge in [0.15, 0.2) is 0 Å². The van der Waals surface area contributed by atoms with Crippen molar-refractivity contribution in [1.82, 2.24) is 10.2 Å². The van der Waals surface area contributed by atoms with E-state index in [4.69, 9.17) is 0 Å². The summed E-state index contributed by atoms with van der Waals surface area (Å²) in [6.07, 6.45) is 12.2. The van der Waals surface area contributed by atoms with Gasteiger partial charge in [0.05, 0.1) is 0 Å². The fourth-order valence-corrected chi connectivity index (χ4v) is 5.39. The number of likely N-dealkylation sites (tertiary alicyclic amines) is 1. The summed E-state index contributed by atoms with van der Waals surface area (Å²) in [5, 5.41) is 3.56. The van der Waals surface area contributed by atoms with E-state index in [2.05, 4.69) is 10.2 Å². The van der Waals surface area contributed by atoms with Crippen LogP contribution in [0.25, 0.3) is 0 Å². The fraction of sp³-hybridized carbons (Fsp3) is 1.00. The molecule has 4 rings (SSSR count). The molecule has 0 aromatic rings. The van der Waals surface area contributed by atoms with Gasteiger partial charge in [-0.05, 0) is 68.9 Å². The molecule has 1 spiro atoms. The first kappa shape index (κ1) is 11.7. The minimum atomic E-state index is 0.813. The number of nitrogens with one attached hydrogen (secondary N) is 1. The molecule has 102 valence electrons. The van der Waals surface area contributed by atoms with Crippen LogP contribution in [-0.2, 0) is 0 Å². The standard InChI is InChI=1S/C16H28N2/c1-2-6-16(5-1)7-3-15(4-8-16)18-11-13-9-17-10-14(13)12-18/h13-15,17H,1-12H2. The Morgan fingerprint density at radius 2 is 1.44 bits per heavy atom. The monoisotopic (exact) mass is 248 g/mol. The van der Waals surface area contributed by atoms with Gasteiger partial charge in [0.2, 0.25) is 0 Å². The Kier molecular flexibility index (Phi) is 2.92. The van der Waals surface area contributed by atoms with Crippen molar-refractivity contribution in [1.29, 1.82) is 0 Å². The molecule has 2 aliphatic carbocycles. The quantitative estimate of drug-likeness (QED) is 0.767.